The van der Waals surface area contributed by atoms with Gasteiger partial charge in [0.1, 0.15) is 13.2 Å². The predicted molar refractivity (Wildman–Crippen MR) is 254 cm³/mol. The van der Waals surface area contributed by atoms with Crippen molar-refractivity contribution in [1.82, 2.24) is 5.32 Å². The van der Waals surface area contributed by atoms with Gasteiger partial charge in [0.15, 0.2) is 0 Å². The monoisotopic (exact) mass is 858 g/mol. The van der Waals surface area contributed by atoms with Crippen LogP contribution in [-0.4, -0.2) is 73.4 Å². The van der Waals surface area contributed by atoms with Gasteiger partial charge >= 0.3 is 7.82 Å². The number of rotatable bonds is 47. The Labute approximate surface area is 367 Å². The highest BCUT2D eigenvalue weighted by Gasteiger charge is 2.28. The first kappa shape index (κ1) is 58.2. The number of hydrogen-bond donors (Lipinski definition) is 3. The molecule has 0 aromatic carbocycles. The van der Waals surface area contributed by atoms with Crippen LogP contribution in [0.3, 0.4) is 0 Å². The summed E-state index contributed by atoms with van der Waals surface area (Å²) in [6.07, 6.45) is 49.5. The van der Waals surface area contributed by atoms with E-state index in [-0.39, 0.29) is 19.1 Å². The van der Waals surface area contributed by atoms with Gasteiger partial charge in [0, 0.05) is 6.42 Å². The number of quaternary nitrogens is 1. The van der Waals surface area contributed by atoms with Crippen LogP contribution in [0.5, 0.6) is 0 Å². The molecule has 0 saturated carbocycles. The van der Waals surface area contributed by atoms with Gasteiger partial charge in [-0.2, -0.15) is 0 Å². The van der Waals surface area contributed by atoms with Crippen LogP contribution in [0, 0.1) is 0 Å². The van der Waals surface area contributed by atoms with Crippen LogP contribution in [0.2, 0.25) is 0 Å². The molecule has 3 atom stereocenters. The number of aliphatic hydroxyl groups excluding tert-OH is 1. The standard InChI is InChI=1S/C50H101N2O6P/c1-6-8-10-12-14-16-18-20-22-24-26-28-30-32-34-36-38-40-42-44-50(54)51-48(47-58-59(55,56)57-46-45-52(3,4)5)49(53)43-41-39-37-35-33-31-29-27-25-23-21-19-17-15-13-11-9-7-2/h24,26,48-49,53H,6-23,25,27-47H2,1-5H3,(H-,51,54,55,56)/p+1/b26-24-. The molecule has 0 aromatic heterocycles. The van der Waals surface area contributed by atoms with Crippen molar-refractivity contribution in [1.29, 1.82) is 0 Å². The molecule has 8 nitrogen and oxygen atoms in total. The lowest BCUT2D eigenvalue weighted by molar-refractivity contribution is -0.870. The smallest absolute Gasteiger partial charge is 0.391 e. The molecule has 1 amide bonds. The topological polar surface area (TPSA) is 105 Å². The predicted octanol–water partition coefficient (Wildman–Crippen LogP) is 14.7. The molecular weight excluding hydrogens is 756 g/mol. The molecule has 0 aromatic rings. The Bertz CT molecular complexity index is 974. The number of phosphoric ester groups is 1. The molecule has 0 bridgehead atoms. The second-order valence-electron chi connectivity index (χ2n) is 18.9. The molecule has 0 aliphatic carbocycles. The van der Waals surface area contributed by atoms with Crippen molar-refractivity contribution >= 4 is 13.7 Å². The maximum absolute atomic E-state index is 12.9. The number of aliphatic hydroxyl groups is 1. The van der Waals surface area contributed by atoms with Crippen molar-refractivity contribution in [2.75, 3.05) is 40.9 Å². The summed E-state index contributed by atoms with van der Waals surface area (Å²) in [6, 6.07) is -0.759. The highest BCUT2D eigenvalue weighted by molar-refractivity contribution is 7.47. The highest BCUT2D eigenvalue weighted by atomic mass is 31.2. The Balaban J connectivity index is 4.26. The Kier molecular flexibility index (Phi) is 42.0. The summed E-state index contributed by atoms with van der Waals surface area (Å²) >= 11 is 0. The molecule has 0 saturated heterocycles. The fourth-order valence-electron chi connectivity index (χ4n) is 7.69. The van der Waals surface area contributed by atoms with Gasteiger partial charge in [-0.25, -0.2) is 4.57 Å². The third kappa shape index (κ3) is 45.1. The van der Waals surface area contributed by atoms with Crippen LogP contribution >= 0.6 is 7.82 Å². The van der Waals surface area contributed by atoms with Gasteiger partial charge in [-0.1, -0.05) is 219 Å². The minimum absolute atomic E-state index is 0.0760. The summed E-state index contributed by atoms with van der Waals surface area (Å²) in [5.74, 6) is -0.145. The zero-order valence-electron chi connectivity index (χ0n) is 40.0. The molecule has 0 radical (unpaired) electrons. The minimum Gasteiger partial charge on any atom is -0.391 e. The summed E-state index contributed by atoms with van der Waals surface area (Å²) in [7, 11) is 1.62. The molecule has 0 heterocycles. The van der Waals surface area contributed by atoms with Crippen LogP contribution < -0.4 is 5.32 Å². The number of nitrogens with one attached hydrogen (secondary N) is 1. The second kappa shape index (κ2) is 42.5. The molecule has 9 heteroatoms. The fraction of sp³-hybridized carbons (Fsp3) is 0.940. The Morgan fingerprint density at radius 1 is 0.559 bits per heavy atom. The zero-order chi connectivity index (χ0) is 43.6. The van der Waals surface area contributed by atoms with Crippen molar-refractivity contribution in [3.8, 4) is 0 Å². The first-order valence-corrected chi connectivity index (χ1v) is 27.0. The fourth-order valence-corrected chi connectivity index (χ4v) is 8.43. The Hall–Kier alpha value is -0.760. The summed E-state index contributed by atoms with van der Waals surface area (Å²) < 4.78 is 23.7. The molecule has 352 valence electrons. The average Bonchev–Trinajstić information content (AvgIpc) is 3.19. The third-order valence-corrected chi connectivity index (χ3v) is 12.7. The van der Waals surface area contributed by atoms with E-state index in [1.54, 1.807) is 0 Å². The van der Waals surface area contributed by atoms with Crippen LogP contribution in [0.25, 0.3) is 0 Å². The van der Waals surface area contributed by atoms with Gasteiger partial charge in [-0.3, -0.25) is 13.8 Å². The van der Waals surface area contributed by atoms with E-state index in [4.69, 9.17) is 9.05 Å². The van der Waals surface area contributed by atoms with E-state index >= 15 is 0 Å². The van der Waals surface area contributed by atoms with E-state index in [1.807, 2.05) is 21.1 Å². The van der Waals surface area contributed by atoms with Gasteiger partial charge in [-0.05, 0) is 38.5 Å². The number of amides is 1. The van der Waals surface area contributed by atoms with E-state index in [0.29, 0.717) is 23.9 Å². The molecule has 59 heavy (non-hydrogen) atoms. The first-order valence-electron chi connectivity index (χ1n) is 25.6. The van der Waals surface area contributed by atoms with Crippen molar-refractivity contribution < 1.29 is 32.9 Å². The molecule has 3 unspecified atom stereocenters. The quantitative estimate of drug-likeness (QED) is 0.0244. The summed E-state index contributed by atoms with van der Waals surface area (Å²) in [5, 5.41) is 14.0. The van der Waals surface area contributed by atoms with Gasteiger partial charge in [-0.15, -0.1) is 0 Å². The molecule has 0 fully saturated rings. The lowest BCUT2D eigenvalue weighted by Gasteiger charge is -2.26. The Morgan fingerprint density at radius 3 is 1.31 bits per heavy atom. The minimum atomic E-state index is -4.32. The van der Waals surface area contributed by atoms with Crippen molar-refractivity contribution in [3.63, 3.8) is 0 Å². The molecule has 0 aliphatic heterocycles. The van der Waals surface area contributed by atoms with E-state index in [9.17, 15) is 19.4 Å². The maximum atomic E-state index is 12.9. The summed E-state index contributed by atoms with van der Waals surface area (Å²) in [5.41, 5.74) is 0. The SMILES string of the molecule is CCCCCCCCCC/C=C\CCCCCCCCCC(=O)NC(COP(=O)(O)OCC[N+](C)(C)C)C(O)CCCCCCCCCCCCCCCCCCCC. The number of carbonyl (C=O) groups is 1. The van der Waals surface area contributed by atoms with Gasteiger partial charge < -0.3 is 19.8 Å². The Morgan fingerprint density at radius 2 is 0.915 bits per heavy atom. The third-order valence-electron chi connectivity index (χ3n) is 11.8. The number of phosphoric acid groups is 1. The van der Waals surface area contributed by atoms with Crippen molar-refractivity contribution in [2.45, 2.75) is 264 Å². The number of likely N-dealkylation sites (N-methyl/N-ethyl adjacent to an activating group) is 1. The lowest BCUT2D eigenvalue weighted by Crippen LogP contribution is -2.46. The number of carbonyl (C=O) groups excluding carboxylic acids is 1. The number of nitrogens with zero attached hydrogens (tertiary/aromatic N) is 1. The molecular formula is C50H102N2O6P+. The zero-order valence-corrected chi connectivity index (χ0v) is 40.9. The lowest BCUT2D eigenvalue weighted by atomic mass is 10.0. The highest BCUT2D eigenvalue weighted by Crippen LogP contribution is 2.43. The molecule has 0 spiro atoms. The maximum Gasteiger partial charge on any atom is 0.472 e. The summed E-state index contributed by atoms with van der Waals surface area (Å²) in [4.78, 5) is 23.2. The van der Waals surface area contributed by atoms with Gasteiger partial charge in [0.25, 0.3) is 0 Å². The van der Waals surface area contributed by atoms with Crippen LogP contribution in [0.4, 0.5) is 0 Å². The number of allylic oxidation sites excluding steroid dienone is 2. The van der Waals surface area contributed by atoms with Crippen molar-refractivity contribution in [2.24, 2.45) is 0 Å². The number of unbranched alkanes of at least 4 members (excludes halogenated alkanes) is 32. The largest absolute Gasteiger partial charge is 0.472 e. The average molecular weight is 858 g/mol. The molecule has 0 aliphatic rings. The normalized spacial score (nSPS) is 14.2. The van der Waals surface area contributed by atoms with Crippen LogP contribution in [0.15, 0.2) is 12.2 Å². The number of hydrogen-bond acceptors (Lipinski definition) is 5. The van der Waals surface area contributed by atoms with E-state index < -0.39 is 20.0 Å². The molecule has 3 N–H and O–H groups in total. The molecule has 0 rings (SSSR count). The van der Waals surface area contributed by atoms with Gasteiger partial charge in [0.2, 0.25) is 5.91 Å². The summed E-state index contributed by atoms with van der Waals surface area (Å²) in [6.45, 7) is 4.91. The first-order chi connectivity index (χ1) is 28.5. The van der Waals surface area contributed by atoms with E-state index in [1.165, 1.54) is 186 Å². The van der Waals surface area contributed by atoms with E-state index in [0.717, 1.165) is 38.5 Å². The van der Waals surface area contributed by atoms with E-state index in [2.05, 4.69) is 31.3 Å². The van der Waals surface area contributed by atoms with Crippen LogP contribution in [-0.2, 0) is 18.4 Å². The second-order valence-corrected chi connectivity index (χ2v) is 20.4. The van der Waals surface area contributed by atoms with Gasteiger partial charge in [0.05, 0.1) is 39.9 Å². The van der Waals surface area contributed by atoms with Crippen LogP contribution in [0.1, 0.15) is 251 Å². The van der Waals surface area contributed by atoms with Crippen molar-refractivity contribution in [3.05, 3.63) is 12.2 Å².